The van der Waals surface area contributed by atoms with Crippen molar-refractivity contribution in [1.82, 2.24) is 29.8 Å². The topological polar surface area (TPSA) is 117 Å². The van der Waals surface area contributed by atoms with Crippen molar-refractivity contribution in [3.63, 3.8) is 0 Å². The zero-order valence-electron chi connectivity index (χ0n) is 18.4. The summed E-state index contributed by atoms with van der Waals surface area (Å²) in [7, 11) is -1.32. The zero-order chi connectivity index (χ0) is 22.7. The Hall–Kier alpha value is -2.89. The summed E-state index contributed by atoms with van der Waals surface area (Å²) in [6.07, 6.45) is 3.25. The van der Waals surface area contributed by atoms with E-state index in [0.717, 1.165) is 17.7 Å². The van der Waals surface area contributed by atoms with Crippen LogP contribution >= 0.6 is 0 Å². The van der Waals surface area contributed by atoms with Gasteiger partial charge in [0.25, 0.3) is 5.89 Å². The Morgan fingerprint density at radius 3 is 2.56 bits per heavy atom. The van der Waals surface area contributed by atoms with E-state index in [-0.39, 0.29) is 17.7 Å². The van der Waals surface area contributed by atoms with Gasteiger partial charge >= 0.3 is 0 Å². The van der Waals surface area contributed by atoms with Gasteiger partial charge in [0.1, 0.15) is 11.5 Å². The van der Waals surface area contributed by atoms with Crippen molar-refractivity contribution in [3.05, 3.63) is 42.2 Å². The molecule has 3 heterocycles. The van der Waals surface area contributed by atoms with Crippen molar-refractivity contribution in [2.75, 3.05) is 37.3 Å². The molecule has 10 nitrogen and oxygen atoms in total. The molecule has 4 rings (SSSR count). The van der Waals surface area contributed by atoms with Crippen molar-refractivity contribution in [3.8, 4) is 23.0 Å². The van der Waals surface area contributed by atoms with Crippen LogP contribution in [0.3, 0.4) is 0 Å². The van der Waals surface area contributed by atoms with Crippen LogP contribution in [0.25, 0.3) is 23.0 Å². The molecule has 170 valence electrons. The minimum atomic E-state index is -3.22. The summed E-state index contributed by atoms with van der Waals surface area (Å²) in [5.41, 5.74) is 2.47. The largest absolute Gasteiger partial charge is 0.415 e. The molecular formula is C21H27N7O3S. The maximum Gasteiger partial charge on any atom is 0.268 e. The first-order valence-corrected chi connectivity index (χ1v) is 12.2. The van der Waals surface area contributed by atoms with Gasteiger partial charge < -0.3 is 14.6 Å². The van der Waals surface area contributed by atoms with Crippen LogP contribution in [0.15, 0.2) is 41.1 Å². The van der Waals surface area contributed by atoms with Gasteiger partial charge in [0.15, 0.2) is 0 Å². The highest BCUT2D eigenvalue weighted by molar-refractivity contribution is 7.89. The van der Waals surface area contributed by atoms with E-state index in [1.807, 2.05) is 43.1 Å². The number of nitrogens with one attached hydrogen (secondary N) is 1. The molecule has 3 aromatic rings. The van der Waals surface area contributed by atoms with Crippen LogP contribution < -0.4 is 10.2 Å². The van der Waals surface area contributed by atoms with E-state index in [0.29, 0.717) is 37.0 Å². The number of rotatable bonds is 7. The molecule has 1 aromatic carbocycles. The van der Waals surface area contributed by atoms with E-state index in [9.17, 15) is 8.42 Å². The third kappa shape index (κ3) is 4.64. The minimum absolute atomic E-state index is 0.102. The summed E-state index contributed by atoms with van der Waals surface area (Å²) in [5.74, 6) is 1.45. The summed E-state index contributed by atoms with van der Waals surface area (Å²) >= 11 is 0. The van der Waals surface area contributed by atoms with Gasteiger partial charge in [-0.15, -0.1) is 10.2 Å². The van der Waals surface area contributed by atoms with Crippen molar-refractivity contribution in [2.45, 2.75) is 26.4 Å². The van der Waals surface area contributed by atoms with Crippen LogP contribution in [0.4, 0.5) is 5.82 Å². The summed E-state index contributed by atoms with van der Waals surface area (Å²) < 4.78 is 31.9. The fourth-order valence-corrected chi connectivity index (χ4v) is 5.06. The number of aromatic nitrogens is 4. The summed E-state index contributed by atoms with van der Waals surface area (Å²) in [4.78, 5) is 11.0. The standard InChI is InChI=1S/C21H27N7O3S/c1-4-32(29,30)28-10-9-27(14-15(28)2)19-13-23-12-18(24-19)21-26-25-20(31-21)17-7-5-16(6-8-17)11-22-3/h5-8,12-13,15,22H,4,9-11,14H2,1-3H3/t15-/m0/s1. The number of anilines is 1. The van der Waals surface area contributed by atoms with Crippen molar-refractivity contribution >= 4 is 15.8 Å². The highest BCUT2D eigenvalue weighted by Crippen LogP contribution is 2.25. The maximum absolute atomic E-state index is 12.3. The molecular weight excluding hydrogens is 430 g/mol. The molecule has 0 spiro atoms. The zero-order valence-corrected chi connectivity index (χ0v) is 19.2. The third-order valence-electron chi connectivity index (χ3n) is 5.46. The van der Waals surface area contributed by atoms with Gasteiger partial charge in [-0.25, -0.2) is 13.4 Å². The molecule has 0 unspecified atom stereocenters. The van der Waals surface area contributed by atoms with Crippen molar-refractivity contribution in [2.24, 2.45) is 0 Å². The Morgan fingerprint density at radius 2 is 1.88 bits per heavy atom. The number of benzene rings is 1. The summed E-state index contributed by atoms with van der Waals surface area (Å²) in [6.45, 7) is 5.84. The van der Waals surface area contributed by atoms with E-state index in [1.54, 1.807) is 23.6 Å². The number of nitrogens with zero attached hydrogens (tertiary/aromatic N) is 6. The van der Waals surface area contributed by atoms with E-state index in [2.05, 4.69) is 25.5 Å². The molecule has 1 N–H and O–H groups in total. The molecule has 0 bridgehead atoms. The van der Waals surface area contributed by atoms with E-state index >= 15 is 0 Å². The van der Waals surface area contributed by atoms with Crippen LogP contribution in [0, 0.1) is 0 Å². The van der Waals surface area contributed by atoms with Crippen LogP contribution in [0.1, 0.15) is 19.4 Å². The number of hydrogen-bond donors (Lipinski definition) is 1. The molecule has 32 heavy (non-hydrogen) atoms. The second-order valence-electron chi connectivity index (χ2n) is 7.71. The third-order valence-corrected chi connectivity index (χ3v) is 7.45. The SMILES string of the molecule is CCS(=O)(=O)N1CCN(c2cncc(-c3nnc(-c4ccc(CNC)cc4)o3)n2)C[C@@H]1C. The molecule has 2 aromatic heterocycles. The van der Waals surface area contributed by atoms with E-state index < -0.39 is 10.0 Å². The van der Waals surface area contributed by atoms with E-state index in [1.165, 1.54) is 0 Å². The highest BCUT2D eigenvalue weighted by atomic mass is 32.2. The first-order chi connectivity index (χ1) is 15.4. The molecule has 1 fully saturated rings. The van der Waals surface area contributed by atoms with Crippen LogP contribution in [0.5, 0.6) is 0 Å². The Balaban J connectivity index is 1.51. The average Bonchev–Trinajstić information content (AvgIpc) is 3.30. The molecule has 1 saturated heterocycles. The number of piperazine rings is 1. The smallest absolute Gasteiger partial charge is 0.268 e. The molecule has 1 aliphatic rings. The predicted molar refractivity (Wildman–Crippen MR) is 121 cm³/mol. The Morgan fingerprint density at radius 1 is 1.12 bits per heavy atom. The Bertz CT molecular complexity index is 1160. The Kier molecular flexibility index (Phi) is 6.49. The van der Waals surface area contributed by atoms with Crippen LogP contribution in [0.2, 0.25) is 0 Å². The van der Waals surface area contributed by atoms with Gasteiger partial charge in [-0.05, 0) is 38.6 Å². The second kappa shape index (κ2) is 9.31. The lowest BCUT2D eigenvalue weighted by molar-refractivity contribution is 0.306. The van der Waals surface area contributed by atoms with Gasteiger partial charge in [-0.3, -0.25) is 4.98 Å². The maximum atomic E-state index is 12.3. The second-order valence-corrected chi connectivity index (χ2v) is 9.92. The molecule has 1 atom stereocenters. The van der Waals surface area contributed by atoms with Crippen LogP contribution in [-0.2, 0) is 16.6 Å². The molecule has 0 radical (unpaired) electrons. The molecule has 0 aliphatic carbocycles. The van der Waals surface area contributed by atoms with Gasteiger partial charge in [-0.2, -0.15) is 4.31 Å². The van der Waals surface area contributed by atoms with Crippen molar-refractivity contribution < 1.29 is 12.8 Å². The number of hydrogen-bond acceptors (Lipinski definition) is 9. The average molecular weight is 458 g/mol. The van der Waals surface area contributed by atoms with Gasteiger partial charge in [0, 0.05) is 37.8 Å². The first-order valence-electron chi connectivity index (χ1n) is 10.6. The quantitative estimate of drug-likeness (QED) is 0.566. The molecule has 0 amide bonds. The first kappa shape index (κ1) is 22.3. The molecule has 1 aliphatic heterocycles. The van der Waals surface area contributed by atoms with Crippen LogP contribution in [-0.4, -0.2) is 71.4 Å². The van der Waals surface area contributed by atoms with Gasteiger partial charge in [0.05, 0.1) is 18.1 Å². The van der Waals surface area contributed by atoms with Crippen molar-refractivity contribution in [1.29, 1.82) is 0 Å². The fraction of sp³-hybridized carbons (Fsp3) is 0.429. The molecule has 11 heteroatoms. The normalized spacial score (nSPS) is 17.6. The number of sulfonamides is 1. The highest BCUT2D eigenvalue weighted by Gasteiger charge is 2.32. The van der Waals surface area contributed by atoms with E-state index in [4.69, 9.17) is 4.42 Å². The van der Waals surface area contributed by atoms with Gasteiger partial charge in [0.2, 0.25) is 15.9 Å². The lowest BCUT2D eigenvalue weighted by Crippen LogP contribution is -2.54. The monoisotopic (exact) mass is 457 g/mol. The summed E-state index contributed by atoms with van der Waals surface area (Å²) in [5, 5.41) is 11.4. The Labute approximate surface area is 187 Å². The fourth-order valence-electron chi connectivity index (χ4n) is 3.75. The lowest BCUT2D eigenvalue weighted by Gasteiger charge is -2.39. The lowest BCUT2D eigenvalue weighted by atomic mass is 10.1. The van der Waals surface area contributed by atoms with Gasteiger partial charge in [-0.1, -0.05) is 12.1 Å². The minimum Gasteiger partial charge on any atom is -0.415 e. The summed E-state index contributed by atoms with van der Waals surface area (Å²) in [6, 6.07) is 7.75. The molecule has 0 saturated carbocycles. The predicted octanol–water partition coefficient (Wildman–Crippen LogP) is 1.77.